The van der Waals surface area contributed by atoms with E-state index in [1.165, 1.54) is 0 Å². The average Bonchev–Trinajstić information content (AvgIpc) is 2.77. The van der Waals surface area contributed by atoms with Gasteiger partial charge in [0.15, 0.2) is 0 Å². The van der Waals surface area contributed by atoms with Crippen LogP contribution in [0.3, 0.4) is 0 Å². The van der Waals surface area contributed by atoms with Gasteiger partial charge in [-0.1, -0.05) is 28.1 Å². The average molecular weight is 294 g/mol. The molecule has 1 unspecified atom stereocenters. The Labute approximate surface area is 108 Å². The first kappa shape index (κ1) is 11.9. The number of aromatic nitrogens is 1. The standard InChI is InChI=1S/C13H12BrNO2/c1-9(10-4-2-5-11(14)8-10)15-7-3-6-12(15)13(16)17/h2-9H,1H3,(H,16,17). The highest BCUT2D eigenvalue weighted by molar-refractivity contribution is 9.10. The molecule has 1 aromatic heterocycles. The number of carboxylic acids is 1. The van der Waals surface area contributed by atoms with Gasteiger partial charge in [-0.25, -0.2) is 4.79 Å². The molecule has 2 rings (SSSR count). The van der Waals surface area contributed by atoms with Crippen molar-refractivity contribution < 1.29 is 9.90 Å². The second-order valence-electron chi connectivity index (χ2n) is 3.84. The van der Waals surface area contributed by atoms with Crippen LogP contribution in [0.15, 0.2) is 47.1 Å². The number of nitrogens with zero attached hydrogens (tertiary/aromatic N) is 1. The summed E-state index contributed by atoms with van der Waals surface area (Å²) in [5.74, 6) is -0.906. The zero-order valence-corrected chi connectivity index (χ0v) is 10.9. The van der Waals surface area contributed by atoms with Crippen LogP contribution in [0.4, 0.5) is 0 Å². The quantitative estimate of drug-likeness (QED) is 0.940. The Hall–Kier alpha value is -1.55. The fourth-order valence-corrected chi connectivity index (χ4v) is 2.26. The summed E-state index contributed by atoms with van der Waals surface area (Å²) in [7, 11) is 0. The summed E-state index contributed by atoms with van der Waals surface area (Å²) in [4.78, 5) is 11.1. The highest BCUT2D eigenvalue weighted by Crippen LogP contribution is 2.23. The van der Waals surface area contributed by atoms with E-state index in [0.717, 1.165) is 10.0 Å². The van der Waals surface area contributed by atoms with E-state index < -0.39 is 5.97 Å². The largest absolute Gasteiger partial charge is 0.477 e. The zero-order valence-electron chi connectivity index (χ0n) is 9.30. The van der Waals surface area contributed by atoms with Crippen molar-refractivity contribution in [3.63, 3.8) is 0 Å². The molecule has 0 radical (unpaired) electrons. The number of benzene rings is 1. The summed E-state index contributed by atoms with van der Waals surface area (Å²) in [6.07, 6.45) is 1.79. The topological polar surface area (TPSA) is 42.2 Å². The number of halogens is 1. The molecule has 0 spiro atoms. The molecule has 3 nitrogen and oxygen atoms in total. The third-order valence-corrected chi connectivity index (χ3v) is 3.24. The Morgan fingerprint density at radius 1 is 1.35 bits per heavy atom. The predicted molar refractivity (Wildman–Crippen MR) is 69.3 cm³/mol. The molecule has 0 amide bonds. The Balaban J connectivity index is 2.40. The van der Waals surface area contributed by atoms with E-state index in [-0.39, 0.29) is 6.04 Å². The molecule has 0 fully saturated rings. The summed E-state index contributed by atoms with van der Waals surface area (Å²) in [5, 5.41) is 9.07. The van der Waals surface area contributed by atoms with Crippen LogP contribution in [0.2, 0.25) is 0 Å². The van der Waals surface area contributed by atoms with Crippen molar-refractivity contribution >= 4 is 21.9 Å². The van der Waals surface area contributed by atoms with Gasteiger partial charge in [-0.2, -0.15) is 0 Å². The molecule has 0 bridgehead atoms. The highest BCUT2D eigenvalue weighted by Gasteiger charge is 2.15. The maximum atomic E-state index is 11.1. The Kier molecular flexibility index (Phi) is 3.33. The lowest BCUT2D eigenvalue weighted by molar-refractivity contribution is 0.0684. The lowest BCUT2D eigenvalue weighted by Crippen LogP contribution is -2.12. The van der Waals surface area contributed by atoms with E-state index in [9.17, 15) is 4.79 Å². The molecule has 1 N–H and O–H groups in total. The Bertz CT molecular complexity index is 548. The van der Waals surface area contributed by atoms with Crippen molar-refractivity contribution in [1.29, 1.82) is 0 Å². The van der Waals surface area contributed by atoms with Crippen LogP contribution in [-0.2, 0) is 0 Å². The number of rotatable bonds is 3. The van der Waals surface area contributed by atoms with Crippen LogP contribution in [0.5, 0.6) is 0 Å². The number of carboxylic acid groups (broad SMARTS) is 1. The minimum absolute atomic E-state index is 0.00593. The number of carbonyl (C=O) groups is 1. The zero-order chi connectivity index (χ0) is 12.4. The Morgan fingerprint density at radius 3 is 2.76 bits per heavy atom. The van der Waals surface area contributed by atoms with E-state index >= 15 is 0 Å². The maximum absolute atomic E-state index is 11.1. The fraction of sp³-hybridized carbons (Fsp3) is 0.154. The fourth-order valence-electron chi connectivity index (χ4n) is 1.84. The van der Waals surface area contributed by atoms with E-state index in [1.807, 2.05) is 31.2 Å². The van der Waals surface area contributed by atoms with Crippen molar-refractivity contribution in [2.24, 2.45) is 0 Å². The molecule has 1 heterocycles. The van der Waals surface area contributed by atoms with Crippen molar-refractivity contribution in [1.82, 2.24) is 4.57 Å². The van der Waals surface area contributed by atoms with E-state index in [1.54, 1.807) is 22.9 Å². The molecule has 88 valence electrons. The number of hydrogen-bond acceptors (Lipinski definition) is 1. The summed E-state index contributed by atoms with van der Waals surface area (Å²) in [6, 6.07) is 11.2. The van der Waals surface area contributed by atoms with Crippen LogP contribution >= 0.6 is 15.9 Å². The van der Waals surface area contributed by atoms with Crippen molar-refractivity contribution in [3.8, 4) is 0 Å². The number of aromatic carboxylic acids is 1. The van der Waals surface area contributed by atoms with E-state index in [2.05, 4.69) is 15.9 Å². The van der Waals surface area contributed by atoms with Gasteiger partial charge in [-0.05, 0) is 36.8 Å². The third kappa shape index (κ3) is 2.42. The summed E-state index contributed by atoms with van der Waals surface area (Å²) < 4.78 is 2.75. The van der Waals surface area contributed by atoms with E-state index in [4.69, 9.17) is 5.11 Å². The lowest BCUT2D eigenvalue weighted by atomic mass is 10.1. The molecule has 0 saturated heterocycles. The second-order valence-corrected chi connectivity index (χ2v) is 4.75. The summed E-state index contributed by atoms with van der Waals surface area (Å²) in [5.41, 5.74) is 1.37. The van der Waals surface area contributed by atoms with Crippen LogP contribution in [0.1, 0.15) is 29.0 Å². The van der Waals surface area contributed by atoms with Gasteiger partial charge in [0.25, 0.3) is 0 Å². The molecule has 0 aliphatic carbocycles. The van der Waals surface area contributed by atoms with Crippen LogP contribution < -0.4 is 0 Å². The van der Waals surface area contributed by atoms with Gasteiger partial charge >= 0.3 is 5.97 Å². The molecule has 2 aromatic rings. The molecular formula is C13H12BrNO2. The second kappa shape index (κ2) is 4.75. The SMILES string of the molecule is CC(c1cccc(Br)c1)n1cccc1C(=O)O. The van der Waals surface area contributed by atoms with Crippen molar-refractivity contribution in [2.45, 2.75) is 13.0 Å². The van der Waals surface area contributed by atoms with Gasteiger partial charge in [-0.3, -0.25) is 0 Å². The monoisotopic (exact) mass is 293 g/mol. The molecule has 4 heteroatoms. The summed E-state index contributed by atoms with van der Waals surface area (Å²) in [6.45, 7) is 1.98. The van der Waals surface area contributed by atoms with Crippen LogP contribution in [0.25, 0.3) is 0 Å². The minimum Gasteiger partial charge on any atom is -0.477 e. The predicted octanol–water partition coefficient (Wildman–Crippen LogP) is 3.56. The Morgan fingerprint density at radius 2 is 2.12 bits per heavy atom. The molecule has 0 aliphatic rings. The molecule has 0 saturated carbocycles. The van der Waals surface area contributed by atoms with E-state index in [0.29, 0.717) is 5.69 Å². The molecule has 0 aliphatic heterocycles. The maximum Gasteiger partial charge on any atom is 0.352 e. The highest BCUT2D eigenvalue weighted by atomic mass is 79.9. The smallest absolute Gasteiger partial charge is 0.352 e. The summed E-state index contributed by atoms with van der Waals surface area (Å²) >= 11 is 3.42. The van der Waals surface area contributed by atoms with Crippen molar-refractivity contribution in [3.05, 3.63) is 58.3 Å². The van der Waals surface area contributed by atoms with Gasteiger partial charge < -0.3 is 9.67 Å². The van der Waals surface area contributed by atoms with Gasteiger partial charge in [0.2, 0.25) is 0 Å². The molecule has 1 aromatic carbocycles. The van der Waals surface area contributed by atoms with Crippen LogP contribution in [0, 0.1) is 0 Å². The first-order chi connectivity index (χ1) is 8.09. The molecular weight excluding hydrogens is 282 g/mol. The normalized spacial score (nSPS) is 12.4. The molecule has 17 heavy (non-hydrogen) atoms. The van der Waals surface area contributed by atoms with Crippen LogP contribution in [-0.4, -0.2) is 15.6 Å². The third-order valence-electron chi connectivity index (χ3n) is 2.75. The first-order valence-electron chi connectivity index (χ1n) is 5.25. The van der Waals surface area contributed by atoms with Crippen molar-refractivity contribution in [2.75, 3.05) is 0 Å². The molecule has 1 atom stereocenters. The van der Waals surface area contributed by atoms with Gasteiger partial charge in [0.1, 0.15) is 5.69 Å². The van der Waals surface area contributed by atoms with Gasteiger partial charge in [0.05, 0.1) is 6.04 Å². The first-order valence-corrected chi connectivity index (χ1v) is 6.04. The van der Waals surface area contributed by atoms with Gasteiger partial charge in [0, 0.05) is 10.7 Å². The van der Waals surface area contributed by atoms with Gasteiger partial charge in [-0.15, -0.1) is 0 Å². The number of hydrogen-bond donors (Lipinski definition) is 1. The lowest BCUT2D eigenvalue weighted by Gasteiger charge is -2.16. The minimum atomic E-state index is -0.906.